The number of esters is 1. The number of imidazole rings is 1. The maximum Gasteiger partial charge on any atom is 0.490 e. The van der Waals surface area contributed by atoms with E-state index in [0.717, 1.165) is 25.7 Å². The van der Waals surface area contributed by atoms with Crippen molar-refractivity contribution in [2.45, 2.75) is 69.4 Å². The number of aryl methyl sites for hydroxylation is 2. The Morgan fingerprint density at radius 1 is 1.26 bits per heavy atom. The number of fused-ring (bicyclic) bond motifs is 1. The highest BCUT2D eigenvalue weighted by atomic mass is 19.4. The van der Waals surface area contributed by atoms with Crippen molar-refractivity contribution in [2.75, 3.05) is 5.32 Å². The van der Waals surface area contributed by atoms with Crippen LogP contribution < -0.4 is 5.32 Å². The van der Waals surface area contributed by atoms with Gasteiger partial charge in [-0.25, -0.2) is 24.7 Å². The van der Waals surface area contributed by atoms with Crippen LogP contribution in [0.5, 0.6) is 0 Å². The van der Waals surface area contributed by atoms with Crippen molar-refractivity contribution in [1.29, 1.82) is 0 Å². The van der Waals surface area contributed by atoms with Crippen LogP contribution in [0.4, 0.5) is 19.0 Å². The van der Waals surface area contributed by atoms with Crippen molar-refractivity contribution >= 4 is 23.0 Å². The van der Waals surface area contributed by atoms with Crippen LogP contribution in [-0.2, 0) is 21.3 Å². The number of carbonyl (C=O) groups excluding carboxylic acids is 1. The molecule has 2 aliphatic rings. The van der Waals surface area contributed by atoms with E-state index in [4.69, 9.17) is 9.47 Å². The Kier molecular flexibility index (Phi) is 5.83. The van der Waals surface area contributed by atoms with Gasteiger partial charge in [-0.2, -0.15) is 18.3 Å². The van der Waals surface area contributed by atoms with Gasteiger partial charge in [0.2, 0.25) is 0 Å². The fourth-order valence-corrected chi connectivity index (χ4v) is 4.42. The molecule has 3 aromatic rings. The van der Waals surface area contributed by atoms with Crippen molar-refractivity contribution in [3.63, 3.8) is 0 Å². The lowest BCUT2D eigenvalue weighted by molar-refractivity contribution is -0.211. The minimum absolute atomic E-state index is 0.0377. The molecule has 3 aromatic heterocycles. The summed E-state index contributed by atoms with van der Waals surface area (Å²) in [6, 6.07) is 0.228. The molecule has 0 unspecified atom stereocenters. The summed E-state index contributed by atoms with van der Waals surface area (Å²) in [4.78, 5) is 28.7. The van der Waals surface area contributed by atoms with Crippen molar-refractivity contribution in [3.8, 4) is 0 Å². The molecule has 1 saturated heterocycles. The summed E-state index contributed by atoms with van der Waals surface area (Å²) < 4.78 is 52.3. The summed E-state index contributed by atoms with van der Waals surface area (Å²) in [5, 5.41) is 18.3. The number of alkyl halides is 3. The Labute approximate surface area is 196 Å². The van der Waals surface area contributed by atoms with Crippen LogP contribution in [0.25, 0.3) is 11.2 Å². The second-order valence-electron chi connectivity index (χ2n) is 8.62. The number of aliphatic hydroxyl groups excluding tert-OH is 1. The molecule has 1 saturated carbocycles. The molecule has 4 heterocycles. The number of anilines is 1. The second-order valence-corrected chi connectivity index (χ2v) is 8.62. The van der Waals surface area contributed by atoms with E-state index in [0.29, 0.717) is 17.2 Å². The summed E-state index contributed by atoms with van der Waals surface area (Å²) in [5.41, 5.74) is 0.602. The third kappa shape index (κ3) is 4.29. The molecule has 2 fully saturated rings. The van der Waals surface area contributed by atoms with Crippen LogP contribution in [0.3, 0.4) is 0 Å². The maximum atomic E-state index is 13.0. The first kappa shape index (κ1) is 23.4. The standard InChI is InChI=1S/C20H23F3N8O4/c1-9-27-16(29-30(9)2)13-12(32)14(35-19(33)20(21,22)23)18(34-13)31-8-26-11-15(24-7-25-17(11)31)28-10-5-3-4-6-10/h7-8,10,12-14,18,32H,3-6H2,1-2H3,(H,24,25,28)/t12-,13+,14-,18-/m1/s1. The summed E-state index contributed by atoms with van der Waals surface area (Å²) in [6.45, 7) is 1.66. The highest BCUT2D eigenvalue weighted by Crippen LogP contribution is 2.41. The Bertz CT molecular complexity index is 1220. The minimum Gasteiger partial charge on any atom is -0.448 e. The number of halogens is 3. The van der Waals surface area contributed by atoms with E-state index < -0.39 is 36.7 Å². The van der Waals surface area contributed by atoms with E-state index in [1.165, 1.54) is 21.9 Å². The molecule has 0 amide bonds. The number of nitrogens with zero attached hydrogens (tertiary/aromatic N) is 7. The van der Waals surface area contributed by atoms with Gasteiger partial charge in [-0.1, -0.05) is 12.8 Å². The molecular weight excluding hydrogens is 473 g/mol. The first-order chi connectivity index (χ1) is 16.6. The molecule has 0 radical (unpaired) electrons. The quantitative estimate of drug-likeness (QED) is 0.502. The molecule has 0 bridgehead atoms. The first-order valence-corrected chi connectivity index (χ1v) is 11.1. The van der Waals surface area contributed by atoms with Crippen LogP contribution in [0.1, 0.15) is 49.7 Å². The maximum absolute atomic E-state index is 13.0. The minimum atomic E-state index is -5.26. The molecule has 1 aliphatic carbocycles. The third-order valence-corrected chi connectivity index (χ3v) is 6.27. The molecule has 2 N–H and O–H groups in total. The van der Waals surface area contributed by atoms with Crippen LogP contribution in [0, 0.1) is 6.92 Å². The number of hydrogen-bond donors (Lipinski definition) is 2. The number of carbonyl (C=O) groups is 1. The second kappa shape index (κ2) is 8.71. The van der Waals surface area contributed by atoms with Crippen LogP contribution in [-0.4, -0.2) is 69.8 Å². The Hall–Kier alpha value is -3.33. The number of rotatable bonds is 5. The number of hydrogen-bond acceptors (Lipinski definition) is 10. The lowest BCUT2D eigenvalue weighted by Crippen LogP contribution is -2.38. The number of ether oxygens (including phenoxy) is 2. The average molecular weight is 496 g/mol. The number of aromatic nitrogens is 7. The molecule has 5 rings (SSSR count). The van der Waals surface area contributed by atoms with Crippen LogP contribution in [0.15, 0.2) is 12.7 Å². The summed E-state index contributed by atoms with van der Waals surface area (Å²) >= 11 is 0. The Morgan fingerprint density at radius 2 is 2.00 bits per heavy atom. The molecule has 0 spiro atoms. The molecular formula is C20H23F3N8O4. The van der Waals surface area contributed by atoms with Gasteiger partial charge >= 0.3 is 12.1 Å². The van der Waals surface area contributed by atoms with E-state index in [-0.39, 0.29) is 17.5 Å². The SMILES string of the molecule is Cc1nc([C@H]2O[C@@H](n3cnc4c(NC5CCCC5)ncnc43)[C@H](OC(=O)C(F)(F)F)[C@@H]2O)nn1C. The van der Waals surface area contributed by atoms with Crippen molar-refractivity contribution in [1.82, 2.24) is 34.3 Å². The van der Waals surface area contributed by atoms with E-state index in [9.17, 15) is 23.1 Å². The van der Waals surface area contributed by atoms with E-state index in [2.05, 4.69) is 30.4 Å². The fraction of sp³-hybridized carbons (Fsp3) is 0.600. The molecule has 35 heavy (non-hydrogen) atoms. The van der Waals surface area contributed by atoms with Gasteiger partial charge in [0.05, 0.1) is 6.33 Å². The van der Waals surface area contributed by atoms with Gasteiger partial charge in [-0.15, -0.1) is 0 Å². The predicted octanol–water partition coefficient (Wildman–Crippen LogP) is 1.72. The molecule has 4 atom stereocenters. The van der Waals surface area contributed by atoms with E-state index in [1.54, 1.807) is 14.0 Å². The normalized spacial score (nSPS) is 25.4. The van der Waals surface area contributed by atoms with Crippen LogP contribution >= 0.6 is 0 Å². The average Bonchev–Trinajstić information content (AvgIpc) is 3.57. The molecule has 12 nitrogen and oxygen atoms in total. The van der Waals surface area contributed by atoms with Gasteiger partial charge in [-0.3, -0.25) is 9.25 Å². The van der Waals surface area contributed by atoms with Gasteiger partial charge in [0.15, 0.2) is 41.2 Å². The Balaban J connectivity index is 1.51. The number of nitrogens with one attached hydrogen (secondary N) is 1. The lowest BCUT2D eigenvalue weighted by atomic mass is 10.1. The monoisotopic (exact) mass is 496 g/mol. The van der Waals surface area contributed by atoms with Crippen molar-refractivity contribution in [3.05, 3.63) is 24.3 Å². The largest absolute Gasteiger partial charge is 0.490 e. The lowest BCUT2D eigenvalue weighted by Gasteiger charge is -2.22. The summed E-state index contributed by atoms with van der Waals surface area (Å²) in [7, 11) is 1.62. The van der Waals surface area contributed by atoms with Gasteiger partial charge in [0.25, 0.3) is 0 Å². The zero-order valence-corrected chi connectivity index (χ0v) is 18.8. The van der Waals surface area contributed by atoms with Crippen molar-refractivity contribution in [2.24, 2.45) is 7.05 Å². The fourth-order valence-electron chi connectivity index (χ4n) is 4.42. The van der Waals surface area contributed by atoms with Gasteiger partial charge in [0.1, 0.15) is 18.3 Å². The number of aliphatic hydroxyl groups is 1. The summed E-state index contributed by atoms with van der Waals surface area (Å²) in [6.07, 6.45) is -4.59. The zero-order valence-electron chi connectivity index (χ0n) is 18.8. The predicted molar refractivity (Wildman–Crippen MR) is 112 cm³/mol. The topological polar surface area (TPSA) is 142 Å². The zero-order chi connectivity index (χ0) is 24.9. The molecule has 15 heteroatoms. The van der Waals surface area contributed by atoms with Crippen LogP contribution in [0.2, 0.25) is 0 Å². The molecule has 0 aromatic carbocycles. The van der Waals surface area contributed by atoms with Crippen molar-refractivity contribution < 1.29 is 32.5 Å². The molecule has 1 aliphatic heterocycles. The van der Waals surface area contributed by atoms with Gasteiger partial charge in [-0.05, 0) is 19.8 Å². The van der Waals surface area contributed by atoms with Gasteiger partial charge < -0.3 is 19.9 Å². The third-order valence-electron chi connectivity index (χ3n) is 6.27. The Morgan fingerprint density at radius 3 is 2.66 bits per heavy atom. The smallest absolute Gasteiger partial charge is 0.448 e. The van der Waals surface area contributed by atoms with Gasteiger partial charge in [0, 0.05) is 13.1 Å². The van der Waals surface area contributed by atoms with E-state index >= 15 is 0 Å². The summed E-state index contributed by atoms with van der Waals surface area (Å²) in [5.74, 6) is -1.45. The molecule has 188 valence electrons. The van der Waals surface area contributed by atoms with E-state index in [1.807, 2.05) is 0 Å². The highest BCUT2D eigenvalue weighted by molar-refractivity contribution is 5.83. The first-order valence-electron chi connectivity index (χ1n) is 11.1. The highest BCUT2D eigenvalue weighted by Gasteiger charge is 2.53.